The van der Waals surface area contributed by atoms with E-state index in [0.717, 1.165) is 22.3 Å². The molecule has 0 atom stereocenters. The summed E-state index contributed by atoms with van der Waals surface area (Å²) in [5.74, 6) is -0.143. The highest BCUT2D eigenvalue weighted by Gasteiger charge is 2.33. The summed E-state index contributed by atoms with van der Waals surface area (Å²) in [6.45, 7) is 8.62. The molecule has 1 aromatic heterocycles. The molecule has 2 aromatic carbocycles. The Morgan fingerprint density at radius 1 is 0.970 bits per heavy atom. The molecule has 0 bridgehead atoms. The van der Waals surface area contributed by atoms with Crippen LogP contribution >= 0.6 is 0 Å². The van der Waals surface area contributed by atoms with Crippen LogP contribution in [0.4, 0.5) is 0 Å². The zero-order valence-corrected chi connectivity index (χ0v) is 20.1. The number of hydrogen-bond donors (Lipinski definition) is 1. The first-order valence-electron chi connectivity index (χ1n) is 10.9. The van der Waals surface area contributed by atoms with E-state index in [0.29, 0.717) is 34.5 Å². The van der Waals surface area contributed by atoms with E-state index >= 15 is 0 Å². The molecule has 2 heterocycles. The van der Waals surface area contributed by atoms with Crippen LogP contribution in [0.2, 0.25) is 0 Å². The number of hydrogen-bond acceptors (Lipinski definition) is 5. The van der Waals surface area contributed by atoms with Crippen LogP contribution in [-0.2, 0) is 21.2 Å². The highest BCUT2D eigenvalue weighted by atomic mass is 32.2. The van der Waals surface area contributed by atoms with Gasteiger partial charge in [0.25, 0.3) is 5.56 Å². The lowest BCUT2D eigenvalue weighted by molar-refractivity contribution is -0.131. The lowest BCUT2D eigenvalue weighted by Gasteiger charge is -2.34. The van der Waals surface area contributed by atoms with Gasteiger partial charge in [-0.2, -0.15) is 9.40 Å². The molecule has 1 amide bonds. The number of H-pyrrole nitrogens is 1. The second-order valence-electron chi connectivity index (χ2n) is 8.60. The van der Waals surface area contributed by atoms with Crippen molar-refractivity contribution in [2.24, 2.45) is 0 Å². The van der Waals surface area contributed by atoms with E-state index in [1.54, 1.807) is 29.2 Å². The third-order valence-corrected chi connectivity index (χ3v) is 8.75. The van der Waals surface area contributed by atoms with Gasteiger partial charge in [-0.25, -0.2) is 13.5 Å². The molecule has 1 aliphatic heterocycles. The van der Waals surface area contributed by atoms with Crippen LogP contribution in [0.1, 0.15) is 27.9 Å². The maximum atomic E-state index is 13.5. The Hall–Kier alpha value is -3.04. The van der Waals surface area contributed by atoms with Crippen LogP contribution in [-0.4, -0.2) is 59.9 Å². The number of sulfonamides is 1. The molecular weight excluding hydrogens is 440 g/mol. The highest BCUT2D eigenvalue weighted by molar-refractivity contribution is 7.89. The van der Waals surface area contributed by atoms with Gasteiger partial charge in [-0.1, -0.05) is 24.3 Å². The molecule has 9 heteroatoms. The largest absolute Gasteiger partial charge is 0.340 e. The molecule has 0 spiro atoms. The fourth-order valence-corrected chi connectivity index (χ4v) is 6.43. The van der Waals surface area contributed by atoms with Crippen LogP contribution in [0.15, 0.2) is 40.0 Å². The van der Waals surface area contributed by atoms with Crippen LogP contribution in [0.3, 0.4) is 0 Å². The van der Waals surface area contributed by atoms with Gasteiger partial charge in [0.1, 0.15) is 0 Å². The van der Waals surface area contributed by atoms with Gasteiger partial charge in [-0.05, 0) is 56.0 Å². The Morgan fingerprint density at radius 2 is 1.55 bits per heavy atom. The SMILES string of the molecule is Cc1cc(C)c(C)c(S(=O)(=O)N2CCN(C(=O)Cc3n[nH]c(=O)c4ccccc34)CC2)c1C. The van der Waals surface area contributed by atoms with Crippen molar-refractivity contribution >= 4 is 26.7 Å². The number of carbonyl (C=O) groups is 1. The number of carbonyl (C=O) groups excluding carboxylic acids is 1. The van der Waals surface area contributed by atoms with Crippen LogP contribution < -0.4 is 5.56 Å². The first-order valence-corrected chi connectivity index (χ1v) is 12.4. The Morgan fingerprint density at radius 3 is 2.15 bits per heavy atom. The predicted molar refractivity (Wildman–Crippen MR) is 127 cm³/mol. The molecule has 1 saturated heterocycles. The van der Waals surface area contributed by atoms with E-state index in [1.807, 2.05) is 33.8 Å². The number of rotatable bonds is 4. The van der Waals surface area contributed by atoms with E-state index in [9.17, 15) is 18.0 Å². The van der Waals surface area contributed by atoms with Crippen molar-refractivity contribution in [1.82, 2.24) is 19.4 Å². The maximum absolute atomic E-state index is 13.5. The predicted octanol–water partition coefficient (Wildman–Crippen LogP) is 2.23. The molecule has 8 nitrogen and oxygen atoms in total. The lowest BCUT2D eigenvalue weighted by Crippen LogP contribution is -2.51. The molecule has 0 radical (unpaired) electrons. The van der Waals surface area contributed by atoms with Crippen LogP contribution in [0, 0.1) is 27.7 Å². The molecule has 0 unspecified atom stereocenters. The van der Waals surface area contributed by atoms with Gasteiger partial charge in [0.2, 0.25) is 15.9 Å². The summed E-state index contributed by atoms with van der Waals surface area (Å²) >= 11 is 0. The quantitative estimate of drug-likeness (QED) is 0.633. The molecule has 0 aliphatic carbocycles. The molecule has 3 aromatic rings. The first-order chi connectivity index (χ1) is 15.6. The van der Waals surface area contributed by atoms with Crippen molar-refractivity contribution in [1.29, 1.82) is 0 Å². The minimum atomic E-state index is -3.67. The summed E-state index contributed by atoms with van der Waals surface area (Å²) in [6.07, 6.45) is 0.0410. The Kier molecular flexibility index (Phi) is 6.11. The summed E-state index contributed by atoms with van der Waals surface area (Å²) in [6, 6.07) is 9.05. The van der Waals surface area contributed by atoms with E-state index in [2.05, 4.69) is 10.2 Å². The monoisotopic (exact) mass is 468 g/mol. The van der Waals surface area contributed by atoms with Gasteiger partial charge in [0.05, 0.1) is 22.4 Å². The Bertz CT molecular complexity index is 1380. The molecule has 174 valence electrons. The van der Waals surface area contributed by atoms with E-state index in [-0.39, 0.29) is 31.0 Å². The smallest absolute Gasteiger partial charge is 0.272 e. The second-order valence-corrected chi connectivity index (χ2v) is 10.5. The van der Waals surface area contributed by atoms with Crippen molar-refractivity contribution in [3.8, 4) is 0 Å². The highest BCUT2D eigenvalue weighted by Crippen LogP contribution is 2.29. The summed E-state index contributed by atoms with van der Waals surface area (Å²) in [7, 11) is -3.67. The van der Waals surface area contributed by atoms with Gasteiger partial charge in [0, 0.05) is 31.6 Å². The third kappa shape index (κ3) is 4.18. The first kappa shape index (κ1) is 23.1. The van der Waals surface area contributed by atoms with Crippen molar-refractivity contribution in [2.75, 3.05) is 26.2 Å². The Balaban J connectivity index is 1.50. The van der Waals surface area contributed by atoms with E-state index in [1.165, 1.54) is 4.31 Å². The van der Waals surface area contributed by atoms with Crippen molar-refractivity contribution < 1.29 is 13.2 Å². The zero-order chi connectivity index (χ0) is 23.9. The summed E-state index contributed by atoms with van der Waals surface area (Å²) < 4.78 is 28.4. The standard InChI is InChI=1S/C24H28N4O4S/c1-15-13-16(2)18(4)23(17(15)3)33(31,32)28-11-9-27(10-12-28)22(29)14-21-19-7-5-6-8-20(19)24(30)26-25-21/h5-8,13H,9-12,14H2,1-4H3,(H,26,30). The van der Waals surface area contributed by atoms with Gasteiger partial charge in [-0.15, -0.1) is 0 Å². The molecule has 0 saturated carbocycles. The lowest BCUT2D eigenvalue weighted by atomic mass is 10.0. The zero-order valence-electron chi connectivity index (χ0n) is 19.3. The van der Waals surface area contributed by atoms with Crippen LogP contribution in [0.25, 0.3) is 10.8 Å². The average Bonchev–Trinajstić information content (AvgIpc) is 2.80. The fourth-order valence-electron chi connectivity index (χ4n) is 4.44. The summed E-state index contributed by atoms with van der Waals surface area (Å²) in [5, 5.41) is 7.67. The number of aromatic amines is 1. The number of benzene rings is 2. The van der Waals surface area contributed by atoms with Gasteiger partial charge >= 0.3 is 0 Å². The molecule has 33 heavy (non-hydrogen) atoms. The Labute approximate surface area is 193 Å². The summed E-state index contributed by atoms with van der Waals surface area (Å²) in [5.41, 5.74) is 3.65. The van der Waals surface area contributed by atoms with Crippen molar-refractivity contribution in [3.63, 3.8) is 0 Å². The maximum Gasteiger partial charge on any atom is 0.272 e. The third-order valence-electron chi connectivity index (χ3n) is 6.58. The second kappa shape index (κ2) is 8.72. The number of nitrogens with one attached hydrogen (secondary N) is 1. The molecule has 4 rings (SSSR count). The topological polar surface area (TPSA) is 103 Å². The fraction of sp³-hybridized carbons (Fsp3) is 0.375. The number of piperazine rings is 1. The summed E-state index contributed by atoms with van der Waals surface area (Å²) in [4.78, 5) is 27.0. The van der Waals surface area contributed by atoms with Crippen molar-refractivity contribution in [3.05, 3.63) is 68.6 Å². The van der Waals surface area contributed by atoms with Crippen molar-refractivity contribution in [2.45, 2.75) is 39.0 Å². The van der Waals surface area contributed by atoms with Gasteiger partial charge in [0.15, 0.2) is 0 Å². The van der Waals surface area contributed by atoms with Gasteiger partial charge in [-0.3, -0.25) is 9.59 Å². The minimum Gasteiger partial charge on any atom is -0.340 e. The number of nitrogens with zero attached hydrogens (tertiary/aromatic N) is 3. The minimum absolute atomic E-state index is 0.0410. The molecular formula is C24H28N4O4S. The molecule has 1 N–H and O–H groups in total. The number of amides is 1. The van der Waals surface area contributed by atoms with Crippen LogP contribution in [0.5, 0.6) is 0 Å². The normalized spacial score (nSPS) is 15.2. The van der Waals surface area contributed by atoms with E-state index in [4.69, 9.17) is 0 Å². The number of aryl methyl sites for hydroxylation is 2. The molecule has 1 aliphatic rings. The number of fused-ring (bicyclic) bond motifs is 1. The molecule has 1 fully saturated rings. The number of aromatic nitrogens is 2. The average molecular weight is 469 g/mol. The van der Waals surface area contributed by atoms with Gasteiger partial charge < -0.3 is 4.90 Å². The van der Waals surface area contributed by atoms with E-state index < -0.39 is 10.0 Å².